The summed E-state index contributed by atoms with van der Waals surface area (Å²) >= 11 is 0. The number of carbonyl (C=O) groups is 3. The Hall–Kier alpha value is -5.70. The van der Waals surface area contributed by atoms with Crippen LogP contribution in [0.1, 0.15) is 96.9 Å². The first-order valence-electron chi connectivity index (χ1n) is 21.4. The lowest BCUT2D eigenvalue weighted by Gasteiger charge is -2.38. The minimum absolute atomic E-state index is 0.00740. The van der Waals surface area contributed by atoms with Crippen molar-refractivity contribution in [2.24, 2.45) is 5.92 Å². The molecule has 8 heterocycles. The molecule has 3 amide bonds. The van der Waals surface area contributed by atoms with Crippen molar-refractivity contribution in [1.82, 2.24) is 39.5 Å². The zero-order chi connectivity index (χ0) is 41.6. The van der Waals surface area contributed by atoms with E-state index in [4.69, 9.17) is 14.1 Å². The number of nitrogens with one attached hydrogen (secondary N) is 2. The summed E-state index contributed by atoms with van der Waals surface area (Å²) in [5, 5.41) is 14.6. The van der Waals surface area contributed by atoms with Crippen LogP contribution in [0.3, 0.4) is 0 Å². The summed E-state index contributed by atoms with van der Waals surface area (Å²) in [6, 6.07) is 7.90. The van der Waals surface area contributed by atoms with Gasteiger partial charge in [-0.2, -0.15) is 10.2 Å². The van der Waals surface area contributed by atoms with Gasteiger partial charge in [-0.05, 0) is 68.7 Å². The molecule has 1 aliphatic carbocycles. The van der Waals surface area contributed by atoms with Crippen LogP contribution in [0.25, 0.3) is 16.6 Å². The van der Waals surface area contributed by atoms with Gasteiger partial charge in [-0.1, -0.05) is 11.8 Å². The number of nitrogens with zero attached hydrogens (tertiary/aromatic N) is 8. The van der Waals surface area contributed by atoms with Crippen molar-refractivity contribution in [3.63, 3.8) is 0 Å². The Balaban J connectivity index is 0.680. The van der Waals surface area contributed by atoms with Crippen LogP contribution in [-0.4, -0.2) is 116 Å². The third-order valence-corrected chi connectivity index (χ3v) is 13.2. The topological polar surface area (TPSA) is 155 Å². The van der Waals surface area contributed by atoms with Crippen LogP contribution in [0.4, 0.5) is 20.3 Å². The summed E-state index contributed by atoms with van der Waals surface area (Å²) in [5.41, 5.74) is 2.48. The highest BCUT2D eigenvalue weighted by molar-refractivity contribution is 6.08. The number of furan rings is 1. The van der Waals surface area contributed by atoms with E-state index in [1.165, 1.54) is 10.7 Å². The maximum Gasteiger partial charge on any atom is 0.284 e. The number of amides is 3. The Morgan fingerprint density at radius 1 is 1.03 bits per heavy atom. The summed E-state index contributed by atoms with van der Waals surface area (Å²) in [6.07, 6.45) is 9.82. The van der Waals surface area contributed by atoms with E-state index in [0.717, 1.165) is 107 Å². The van der Waals surface area contributed by atoms with Crippen LogP contribution in [0, 0.1) is 17.8 Å². The molecule has 4 aromatic heterocycles. The van der Waals surface area contributed by atoms with Crippen LogP contribution in [0.2, 0.25) is 0 Å². The number of aromatic nitrogens is 5. The van der Waals surface area contributed by atoms with Crippen LogP contribution < -0.4 is 15.5 Å². The quantitative estimate of drug-likeness (QED) is 0.142. The zero-order valence-corrected chi connectivity index (χ0v) is 33.8. The number of piperazine rings is 1. The summed E-state index contributed by atoms with van der Waals surface area (Å²) in [7, 11) is 0. The molecule has 61 heavy (non-hydrogen) atoms. The molecule has 1 unspecified atom stereocenters. The molecule has 3 atom stereocenters. The van der Waals surface area contributed by atoms with Crippen LogP contribution in [-0.2, 0) is 14.3 Å². The highest BCUT2D eigenvalue weighted by atomic mass is 19.3. The zero-order valence-electron chi connectivity index (χ0n) is 33.8. The van der Waals surface area contributed by atoms with E-state index in [9.17, 15) is 23.2 Å². The lowest BCUT2D eigenvalue weighted by molar-refractivity contribution is -0.134. The Kier molecular flexibility index (Phi) is 10.8. The molecule has 15 nitrogen and oxygen atoms in total. The molecule has 4 saturated heterocycles. The van der Waals surface area contributed by atoms with E-state index in [1.54, 1.807) is 23.3 Å². The number of fused-ring (bicyclic) bond motifs is 4. The van der Waals surface area contributed by atoms with E-state index in [0.29, 0.717) is 36.6 Å². The first-order valence-corrected chi connectivity index (χ1v) is 21.4. The van der Waals surface area contributed by atoms with E-state index in [-0.39, 0.29) is 41.3 Å². The third kappa shape index (κ3) is 8.11. The van der Waals surface area contributed by atoms with Crippen molar-refractivity contribution in [1.29, 1.82) is 0 Å². The molecule has 10 rings (SSSR count). The lowest BCUT2D eigenvalue weighted by atomic mass is 9.85. The molecule has 5 aliphatic rings. The van der Waals surface area contributed by atoms with Gasteiger partial charge in [0.15, 0.2) is 11.3 Å². The van der Waals surface area contributed by atoms with Gasteiger partial charge in [0.05, 0.1) is 48.9 Å². The van der Waals surface area contributed by atoms with Crippen LogP contribution >= 0.6 is 0 Å². The maximum atomic E-state index is 14.3. The average molecular weight is 835 g/mol. The number of imide groups is 1. The fraction of sp³-hybridized carbons (Fsp3) is 0.500. The van der Waals surface area contributed by atoms with Gasteiger partial charge in [0, 0.05) is 87.6 Å². The van der Waals surface area contributed by atoms with Crippen LogP contribution in [0.5, 0.6) is 0 Å². The number of halogens is 2. The second-order valence-electron chi connectivity index (χ2n) is 17.0. The minimum atomic E-state index is -2.85. The van der Waals surface area contributed by atoms with Gasteiger partial charge < -0.3 is 24.3 Å². The van der Waals surface area contributed by atoms with Gasteiger partial charge in [0.1, 0.15) is 17.0 Å². The van der Waals surface area contributed by atoms with Gasteiger partial charge in [-0.25, -0.2) is 18.3 Å². The monoisotopic (exact) mass is 834 g/mol. The summed E-state index contributed by atoms with van der Waals surface area (Å²) in [6.45, 7) is 7.27. The van der Waals surface area contributed by atoms with Crippen molar-refractivity contribution in [2.45, 2.75) is 81.9 Å². The summed E-state index contributed by atoms with van der Waals surface area (Å²) < 4.78 is 43.2. The Labute approximate surface area is 350 Å². The fourth-order valence-corrected chi connectivity index (χ4v) is 9.82. The molecule has 0 spiro atoms. The van der Waals surface area contributed by atoms with Gasteiger partial charge >= 0.3 is 0 Å². The highest BCUT2D eigenvalue weighted by Crippen LogP contribution is 2.37. The molecule has 318 valence electrons. The van der Waals surface area contributed by atoms with Crippen molar-refractivity contribution in [3.8, 4) is 11.8 Å². The van der Waals surface area contributed by atoms with E-state index < -0.39 is 23.9 Å². The smallest absolute Gasteiger partial charge is 0.284 e. The molecule has 2 bridgehead atoms. The van der Waals surface area contributed by atoms with Gasteiger partial charge in [-0.15, -0.1) is 0 Å². The SMILES string of the molecule is O=C1CCC(c2coc3cc(C#CCCN4CCN(CC5CCC(n6cc(NC(=O)c7cnn8ccc(N9C[C@H]%10C[C@@H]9CO%10)nc78)c(C(F)F)n6)CC5)CC4)ccc23)C(=O)N1. The second kappa shape index (κ2) is 16.6. The summed E-state index contributed by atoms with van der Waals surface area (Å²) in [5.74, 6) is 6.38. The van der Waals surface area contributed by atoms with E-state index in [1.807, 2.05) is 24.3 Å². The van der Waals surface area contributed by atoms with Crippen molar-refractivity contribution in [3.05, 3.63) is 71.5 Å². The first kappa shape index (κ1) is 39.4. The maximum absolute atomic E-state index is 14.3. The third-order valence-electron chi connectivity index (χ3n) is 13.2. The number of benzene rings is 1. The predicted octanol–water partition coefficient (Wildman–Crippen LogP) is 5.15. The molecule has 5 aromatic rings. The lowest BCUT2D eigenvalue weighted by Crippen LogP contribution is -2.48. The van der Waals surface area contributed by atoms with Gasteiger partial charge in [0.2, 0.25) is 11.8 Å². The second-order valence-corrected chi connectivity index (χ2v) is 17.0. The molecule has 5 fully saturated rings. The van der Waals surface area contributed by atoms with Gasteiger partial charge in [-0.3, -0.25) is 29.3 Å². The van der Waals surface area contributed by atoms with E-state index in [2.05, 4.69) is 47.4 Å². The number of piperidine rings is 1. The molecular weight excluding hydrogens is 787 g/mol. The molecule has 1 aromatic carbocycles. The number of rotatable bonds is 10. The normalized spacial score (nSPS) is 24.8. The van der Waals surface area contributed by atoms with Crippen LogP contribution in [0.15, 0.2) is 53.5 Å². The minimum Gasteiger partial charge on any atom is -0.464 e. The number of hydrogen-bond acceptors (Lipinski definition) is 11. The van der Waals surface area contributed by atoms with Crippen molar-refractivity contribution >= 4 is 45.8 Å². The molecule has 2 N–H and O–H groups in total. The number of alkyl halides is 2. The predicted molar refractivity (Wildman–Crippen MR) is 220 cm³/mol. The fourth-order valence-electron chi connectivity index (χ4n) is 9.82. The average Bonchev–Trinajstić information content (AvgIpc) is 4.12. The molecule has 1 saturated carbocycles. The molecule has 0 radical (unpaired) electrons. The highest BCUT2D eigenvalue weighted by Gasteiger charge is 2.40. The number of anilines is 2. The first-order chi connectivity index (χ1) is 29.7. The van der Waals surface area contributed by atoms with Gasteiger partial charge in [0.25, 0.3) is 12.3 Å². The number of carbonyl (C=O) groups excluding carboxylic acids is 3. The van der Waals surface area contributed by atoms with Crippen molar-refractivity contribution in [2.75, 3.05) is 62.6 Å². The Morgan fingerprint density at radius 2 is 1.87 bits per heavy atom. The summed E-state index contributed by atoms with van der Waals surface area (Å²) in [4.78, 5) is 49.4. The largest absolute Gasteiger partial charge is 0.464 e. The van der Waals surface area contributed by atoms with Crippen molar-refractivity contribution < 1.29 is 32.3 Å². The van der Waals surface area contributed by atoms with E-state index >= 15 is 0 Å². The number of ether oxygens (including phenoxy) is 1. The Morgan fingerprint density at radius 3 is 2.64 bits per heavy atom. The number of hydrogen-bond donors (Lipinski definition) is 2. The molecular formula is C44H48F2N10O5. The number of morpholine rings is 1. The Bertz CT molecular complexity index is 2520. The standard InChI is InChI=1S/C44H48F2N10O5/c45-41(46)40-36(48-44(59)34-21-47-55-14-12-38(49-42(34)55)54-23-31-20-30(54)25-60-31)24-56(51-40)29-7-4-28(5-8-29)22-53-17-15-52(16-18-53)13-2-1-3-27-6-9-32-35(26-61-37(32)19-27)33-10-11-39(57)50-43(33)58/h6,9,12,14,19,21,24,26,28-31,33,41H,2,4-5,7-8,10-11,13,15-18,20,22-23,25H2,(H,48,59)(H,50,57,58)/t28?,29?,30-,31-,33?/m1/s1. The molecule has 17 heteroatoms. The molecule has 4 aliphatic heterocycles.